The number of carbonyl (C=O) groups is 1. The number of benzene rings is 2. The topological polar surface area (TPSA) is 95.4 Å². The quantitative estimate of drug-likeness (QED) is 0.396. The van der Waals surface area contributed by atoms with Gasteiger partial charge in [-0.2, -0.15) is 0 Å². The summed E-state index contributed by atoms with van der Waals surface area (Å²) in [6.07, 6.45) is 0. The molecule has 3 N–H and O–H groups in total. The number of aliphatic imine (C=N–C) groups is 1. The fourth-order valence-electron chi connectivity index (χ4n) is 2.81. The zero-order chi connectivity index (χ0) is 22.6. The van der Waals surface area contributed by atoms with E-state index in [1.165, 1.54) is 0 Å². The van der Waals surface area contributed by atoms with Crippen molar-refractivity contribution in [3.63, 3.8) is 0 Å². The SMILES string of the molecule is CCNC(=NCc1ccc(OCCO)c(OC)c1)NCc1ccc(C(=O)N(C)C)cc1. The van der Waals surface area contributed by atoms with Crippen LogP contribution in [0, 0.1) is 0 Å². The third-order valence-corrected chi connectivity index (χ3v) is 4.41. The second-order valence-corrected chi connectivity index (χ2v) is 7.00. The van der Waals surface area contributed by atoms with Crippen LogP contribution in [0.25, 0.3) is 0 Å². The smallest absolute Gasteiger partial charge is 0.253 e. The summed E-state index contributed by atoms with van der Waals surface area (Å²) in [4.78, 5) is 18.2. The number of rotatable bonds is 10. The highest BCUT2D eigenvalue weighted by Crippen LogP contribution is 2.28. The fourth-order valence-corrected chi connectivity index (χ4v) is 2.81. The summed E-state index contributed by atoms with van der Waals surface area (Å²) in [6.45, 7) is 3.95. The molecule has 8 nitrogen and oxygen atoms in total. The fraction of sp³-hybridized carbons (Fsp3) is 0.391. The number of hydrogen-bond donors (Lipinski definition) is 3. The molecular formula is C23H32N4O4. The minimum Gasteiger partial charge on any atom is -0.493 e. The number of nitrogens with one attached hydrogen (secondary N) is 2. The Morgan fingerprint density at radius 3 is 2.39 bits per heavy atom. The molecule has 0 saturated heterocycles. The lowest BCUT2D eigenvalue weighted by atomic mass is 10.1. The van der Waals surface area contributed by atoms with Crippen LogP contribution >= 0.6 is 0 Å². The molecule has 0 radical (unpaired) electrons. The van der Waals surface area contributed by atoms with E-state index < -0.39 is 0 Å². The summed E-state index contributed by atoms with van der Waals surface area (Å²) in [6, 6.07) is 13.1. The number of nitrogens with zero attached hydrogens (tertiary/aromatic N) is 2. The maximum absolute atomic E-state index is 12.0. The largest absolute Gasteiger partial charge is 0.493 e. The zero-order valence-electron chi connectivity index (χ0n) is 18.6. The molecule has 0 saturated carbocycles. The van der Waals surface area contributed by atoms with Crippen molar-refractivity contribution < 1.29 is 19.4 Å². The molecule has 0 fully saturated rings. The summed E-state index contributed by atoms with van der Waals surface area (Å²) < 4.78 is 10.8. The maximum Gasteiger partial charge on any atom is 0.253 e. The van der Waals surface area contributed by atoms with Gasteiger partial charge in [-0.15, -0.1) is 0 Å². The molecule has 0 unspecified atom stereocenters. The second kappa shape index (κ2) is 12.4. The van der Waals surface area contributed by atoms with Crippen LogP contribution in [-0.2, 0) is 13.1 Å². The van der Waals surface area contributed by atoms with Crippen molar-refractivity contribution >= 4 is 11.9 Å². The van der Waals surface area contributed by atoms with Crippen molar-refractivity contribution in [3.05, 3.63) is 59.2 Å². The van der Waals surface area contributed by atoms with E-state index in [-0.39, 0.29) is 19.1 Å². The molecule has 8 heteroatoms. The molecule has 0 aromatic heterocycles. The molecule has 1 amide bonds. The lowest BCUT2D eigenvalue weighted by Crippen LogP contribution is -2.36. The van der Waals surface area contributed by atoms with Crippen molar-refractivity contribution in [2.24, 2.45) is 4.99 Å². The molecule has 2 aromatic rings. The minimum atomic E-state index is -0.0540. The molecule has 0 aliphatic rings. The predicted octanol–water partition coefficient (Wildman–Crippen LogP) is 2.02. The van der Waals surface area contributed by atoms with Gasteiger partial charge in [0.2, 0.25) is 0 Å². The van der Waals surface area contributed by atoms with E-state index >= 15 is 0 Å². The molecule has 2 aromatic carbocycles. The Kier molecular flexibility index (Phi) is 9.64. The normalized spacial score (nSPS) is 11.1. The summed E-state index contributed by atoms with van der Waals surface area (Å²) >= 11 is 0. The first-order valence-electron chi connectivity index (χ1n) is 10.2. The molecule has 168 valence electrons. The van der Waals surface area contributed by atoms with Gasteiger partial charge in [0.1, 0.15) is 6.61 Å². The number of amides is 1. The molecule has 0 atom stereocenters. The van der Waals surface area contributed by atoms with Gasteiger partial charge in [-0.05, 0) is 42.3 Å². The Labute approximate surface area is 183 Å². The van der Waals surface area contributed by atoms with E-state index in [0.29, 0.717) is 36.1 Å². The predicted molar refractivity (Wildman–Crippen MR) is 122 cm³/mol. The van der Waals surface area contributed by atoms with E-state index in [0.717, 1.165) is 17.7 Å². The Balaban J connectivity index is 2.01. The van der Waals surface area contributed by atoms with Crippen molar-refractivity contribution in [1.82, 2.24) is 15.5 Å². The van der Waals surface area contributed by atoms with Crippen LogP contribution in [0.5, 0.6) is 11.5 Å². The van der Waals surface area contributed by atoms with Crippen LogP contribution in [0.2, 0.25) is 0 Å². The molecule has 0 aliphatic carbocycles. The van der Waals surface area contributed by atoms with Crippen LogP contribution in [0.3, 0.4) is 0 Å². The van der Waals surface area contributed by atoms with Gasteiger partial charge in [-0.3, -0.25) is 4.79 Å². The third-order valence-electron chi connectivity index (χ3n) is 4.41. The van der Waals surface area contributed by atoms with E-state index in [1.54, 1.807) is 26.1 Å². The molecule has 0 bridgehead atoms. The highest BCUT2D eigenvalue weighted by molar-refractivity contribution is 5.93. The number of methoxy groups -OCH3 is 1. The van der Waals surface area contributed by atoms with E-state index in [4.69, 9.17) is 14.6 Å². The maximum atomic E-state index is 12.0. The van der Waals surface area contributed by atoms with E-state index in [2.05, 4.69) is 15.6 Å². The van der Waals surface area contributed by atoms with Gasteiger partial charge < -0.3 is 30.1 Å². The number of guanidine groups is 1. The molecule has 2 rings (SSSR count). The van der Waals surface area contributed by atoms with Crippen molar-refractivity contribution in [1.29, 1.82) is 0 Å². The van der Waals surface area contributed by atoms with Gasteiger partial charge in [0.15, 0.2) is 17.5 Å². The standard InChI is InChI=1S/C23H32N4O4/c1-5-24-23(25-15-17-6-9-19(10-7-17)22(29)27(2)3)26-16-18-8-11-20(31-13-12-28)21(14-18)30-4/h6-11,14,28H,5,12-13,15-16H2,1-4H3,(H2,24,25,26). The average Bonchev–Trinajstić information content (AvgIpc) is 2.79. The first kappa shape index (κ1) is 24.0. The van der Waals surface area contributed by atoms with Crippen LogP contribution in [-0.4, -0.2) is 62.8 Å². The van der Waals surface area contributed by atoms with Crippen LogP contribution in [0.4, 0.5) is 0 Å². The van der Waals surface area contributed by atoms with Gasteiger partial charge in [0, 0.05) is 32.7 Å². The summed E-state index contributed by atoms with van der Waals surface area (Å²) in [5, 5.41) is 15.5. The molecule has 0 spiro atoms. The van der Waals surface area contributed by atoms with Crippen LogP contribution < -0.4 is 20.1 Å². The summed E-state index contributed by atoms with van der Waals surface area (Å²) in [7, 11) is 5.06. The Bertz CT molecular complexity index is 866. The second-order valence-electron chi connectivity index (χ2n) is 7.00. The molecular weight excluding hydrogens is 396 g/mol. The average molecular weight is 429 g/mol. The lowest BCUT2D eigenvalue weighted by molar-refractivity contribution is 0.0827. The minimum absolute atomic E-state index is 0.0161. The molecule has 0 aliphatic heterocycles. The molecule has 31 heavy (non-hydrogen) atoms. The summed E-state index contributed by atoms with van der Waals surface area (Å²) in [5.41, 5.74) is 2.68. The van der Waals surface area contributed by atoms with Gasteiger partial charge in [-0.25, -0.2) is 4.99 Å². The third kappa shape index (κ3) is 7.49. The van der Waals surface area contributed by atoms with Gasteiger partial charge in [0.05, 0.1) is 20.3 Å². The first-order chi connectivity index (χ1) is 15.0. The molecule has 0 heterocycles. The monoisotopic (exact) mass is 428 g/mol. The van der Waals surface area contributed by atoms with Crippen LogP contribution in [0.15, 0.2) is 47.5 Å². The van der Waals surface area contributed by atoms with Crippen LogP contribution in [0.1, 0.15) is 28.4 Å². The highest BCUT2D eigenvalue weighted by atomic mass is 16.5. The first-order valence-corrected chi connectivity index (χ1v) is 10.2. The highest BCUT2D eigenvalue weighted by Gasteiger charge is 2.08. The Hall–Kier alpha value is -3.26. The van der Waals surface area contributed by atoms with Gasteiger partial charge >= 0.3 is 0 Å². The number of hydrogen-bond acceptors (Lipinski definition) is 5. The van der Waals surface area contributed by atoms with E-state index in [9.17, 15) is 4.79 Å². The van der Waals surface area contributed by atoms with Gasteiger partial charge in [0.25, 0.3) is 5.91 Å². The Morgan fingerprint density at radius 2 is 1.77 bits per heavy atom. The number of aliphatic hydroxyl groups is 1. The Morgan fingerprint density at radius 1 is 1.06 bits per heavy atom. The lowest BCUT2D eigenvalue weighted by Gasteiger charge is -2.13. The number of ether oxygens (including phenoxy) is 2. The summed E-state index contributed by atoms with van der Waals surface area (Å²) in [5.74, 6) is 1.87. The van der Waals surface area contributed by atoms with Crippen molar-refractivity contribution in [2.75, 3.05) is 41.0 Å². The zero-order valence-corrected chi connectivity index (χ0v) is 18.6. The number of carbonyl (C=O) groups excluding carboxylic acids is 1. The van der Waals surface area contributed by atoms with Crippen molar-refractivity contribution in [2.45, 2.75) is 20.0 Å². The van der Waals surface area contributed by atoms with E-state index in [1.807, 2.05) is 49.4 Å². The van der Waals surface area contributed by atoms with Gasteiger partial charge in [-0.1, -0.05) is 18.2 Å². The number of aliphatic hydroxyl groups excluding tert-OH is 1. The van der Waals surface area contributed by atoms with Crippen molar-refractivity contribution in [3.8, 4) is 11.5 Å².